The number of carbonyl (C=O) groups excluding carboxylic acids is 2. The minimum Gasteiger partial charge on any atom is -0.369 e. The van der Waals surface area contributed by atoms with Crippen molar-refractivity contribution in [3.63, 3.8) is 0 Å². The molecule has 8 nitrogen and oxygen atoms in total. The summed E-state index contributed by atoms with van der Waals surface area (Å²) >= 11 is 0. The Morgan fingerprint density at radius 3 is 2.30 bits per heavy atom. The van der Waals surface area contributed by atoms with Crippen molar-refractivity contribution in [2.45, 2.75) is 11.3 Å². The third kappa shape index (κ3) is 6.10. The zero-order valence-electron chi connectivity index (χ0n) is 16.2. The van der Waals surface area contributed by atoms with Crippen LogP contribution in [0.5, 0.6) is 0 Å². The largest absolute Gasteiger partial charge is 0.369 e. The number of carbonyl (C=O) groups is 2. The second-order valence-electron chi connectivity index (χ2n) is 6.63. The van der Waals surface area contributed by atoms with Gasteiger partial charge in [-0.15, -0.1) is 0 Å². The zero-order chi connectivity index (χ0) is 22.3. The first-order valence-corrected chi connectivity index (χ1v) is 10.3. The lowest BCUT2D eigenvalue weighted by Crippen LogP contribution is -2.42. The van der Waals surface area contributed by atoms with Gasteiger partial charge in [-0.05, 0) is 48.4 Å². The average Bonchev–Trinajstić information content (AvgIpc) is 2.72. The highest BCUT2D eigenvalue weighted by Crippen LogP contribution is 2.15. The third-order valence-electron chi connectivity index (χ3n) is 4.40. The summed E-state index contributed by atoms with van der Waals surface area (Å²) in [4.78, 5) is 23.8. The predicted molar refractivity (Wildman–Crippen MR) is 107 cm³/mol. The average molecular weight is 432 g/mol. The molecule has 1 atom stereocenters. The van der Waals surface area contributed by atoms with Gasteiger partial charge >= 0.3 is 0 Å². The van der Waals surface area contributed by atoms with Crippen LogP contribution in [0.25, 0.3) is 0 Å². The van der Waals surface area contributed by atoms with Crippen LogP contribution in [-0.2, 0) is 26.0 Å². The molecule has 0 aliphatic rings. The van der Waals surface area contributed by atoms with E-state index in [1.54, 1.807) is 0 Å². The number of nitrogens with zero attached hydrogens (tertiary/aromatic N) is 2. The number of amides is 2. The van der Waals surface area contributed by atoms with E-state index in [9.17, 15) is 22.4 Å². The standard InChI is InChI=1S/C20H21FN4O4S/c1-25(30(28,29)18-8-4-15(11-22)5-9-18)13-19(26)24-12-16(20(23)27)10-14-2-6-17(21)7-3-14/h2-9,16H,10,12-13H2,1H3,(H2,23,27)(H,24,26). The van der Waals surface area contributed by atoms with Crippen LogP contribution < -0.4 is 11.1 Å². The monoisotopic (exact) mass is 432 g/mol. The van der Waals surface area contributed by atoms with Gasteiger partial charge in [0.1, 0.15) is 5.82 Å². The zero-order valence-corrected chi connectivity index (χ0v) is 17.0. The van der Waals surface area contributed by atoms with Crippen molar-refractivity contribution < 1.29 is 22.4 Å². The quantitative estimate of drug-likeness (QED) is 0.604. The van der Waals surface area contributed by atoms with E-state index in [1.165, 1.54) is 55.6 Å². The van der Waals surface area contributed by atoms with Crippen molar-refractivity contribution in [2.75, 3.05) is 20.1 Å². The maximum atomic E-state index is 13.0. The van der Waals surface area contributed by atoms with Crippen molar-refractivity contribution in [1.29, 1.82) is 5.26 Å². The molecular formula is C20H21FN4O4S. The van der Waals surface area contributed by atoms with E-state index in [-0.39, 0.29) is 17.9 Å². The first-order valence-electron chi connectivity index (χ1n) is 8.90. The summed E-state index contributed by atoms with van der Waals surface area (Å²) in [6.45, 7) is -0.555. The number of sulfonamides is 1. The van der Waals surface area contributed by atoms with Crippen LogP contribution in [0.1, 0.15) is 11.1 Å². The molecule has 30 heavy (non-hydrogen) atoms. The number of nitriles is 1. The van der Waals surface area contributed by atoms with Gasteiger partial charge in [-0.3, -0.25) is 9.59 Å². The molecule has 2 amide bonds. The molecule has 1 unspecified atom stereocenters. The Balaban J connectivity index is 1.96. The van der Waals surface area contributed by atoms with E-state index < -0.39 is 40.1 Å². The molecule has 2 aromatic rings. The smallest absolute Gasteiger partial charge is 0.243 e. The van der Waals surface area contributed by atoms with E-state index in [0.717, 1.165) is 4.31 Å². The van der Waals surface area contributed by atoms with E-state index >= 15 is 0 Å². The Labute approximate surface area is 174 Å². The molecule has 0 radical (unpaired) electrons. The molecule has 2 rings (SSSR count). The molecule has 0 saturated carbocycles. The number of rotatable bonds is 9. The number of nitrogens with two attached hydrogens (primary N) is 1. The van der Waals surface area contributed by atoms with Gasteiger partial charge in [-0.2, -0.15) is 9.57 Å². The van der Waals surface area contributed by atoms with Gasteiger partial charge in [-0.1, -0.05) is 12.1 Å². The Morgan fingerprint density at radius 2 is 1.77 bits per heavy atom. The topological polar surface area (TPSA) is 133 Å². The minimum atomic E-state index is -3.93. The fraction of sp³-hybridized carbons (Fsp3) is 0.250. The maximum absolute atomic E-state index is 13.0. The van der Waals surface area contributed by atoms with Crippen LogP contribution in [-0.4, -0.2) is 44.7 Å². The van der Waals surface area contributed by atoms with Crippen LogP contribution in [0.3, 0.4) is 0 Å². The van der Waals surface area contributed by atoms with Crippen LogP contribution >= 0.6 is 0 Å². The SMILES string of the molecule is CN(CC(=O)NCC(Cc1ccc(F)cc1)C(N)=O)S(=O)(=O)c1ccc(C#N)cc1. The van der Waals surface area contributed by atoms with E-state index in [4.69, 9.17) is 11.0 Å². The van der Waals surface area contributed by atoms with E-state index in [1.807, 2.05) is 6.07 Å². The number of hydrogen-bond donors (Lipinski definition) is 2. The minimum absolute atomic E-state index is 0.0527. The van der Waals surface area contributed by atoms with Gasteiger partial charge in [0.25, 0.3) is 0 Å². The highest BCUT2D eigenvalue weighted by molar-refractivity contribution is 7.89. The highest BCUT2D eigenvalue weighted by atomic mass is 32.2. The summed E-state index contributed by atoms with van der Waals surface area (Å²) in [6, 6.07) is 12.8. The normalized spacial score (nSPS) is 12.2. The molecule has 10 heteroatoms. The number of benzene rings is 2. The summed E-state index contributed by atoms with van der Waals surface area (Å²) in [6.07, 6.45) is 0.204. The molecule has 2 aromatic carbocycles. The summed E-state index contributed by atoms with van der Waals surface area (Å²) in [7, 11) is -2.68. The van der Waals surface area contributed by atoms with Crippen LogP contribution in [0.15, 0.2) is 53.4 Å². The number of hydrogen-bond acceptors (Lipinski definition) is 5. The first kappa shape index (κ1) is 23.0. The lowest BCUT2D eigenvalue weighted by Gasteiger charge is -2.18. The Morgan fingerprint density at radius 1 is 1.17 bits per heavy atom. The van der Waals surface area contributed by atoms with Gasteiger partial charge in [0.05, 0.1) is 29.0 Å². The summed E-state index contributed by atoms with van der Waals surface area (Å²) in [5, 5.41) is 11.3. The summed E-state index contributed by atoms with van der Waals surface area (Å²) in [5.74, 6) is -2.40. The molecule has 0 aliphatic heterocycles. The maximum Gasteiger partial charge on any atom is 0.243 e. The molecule has 0 spiro atoms. The number of halogens is 1. The number of nitrogens with one attached hydrogen (secondary N) is 1. The molecule has 0 aromatic heterocycles. The second-order valence-corrected chi connectivity index (χ2v) is 8.68. The van der Waals surface area contributed by atoms with Crippen LogP contribution in [0.4, 0.5) is 4.39 Å². The van der Waals surface area contributed by atoms with Crippen LogP contribution in [0.2, 0.25) is 0 Å². The molecule has 0 aliphatic carbocycles. The highest BCUT2D eigenvalue weighted by Gasteiger charge is 2.24. The number of primary amides is 1. The lowest BCUT2D eigenvalue weighted by atomic mass is 9.98. The van der Waals surface area contributed by atoms with Gasteiger partial charge in [-0.25, -0.2) is 12.8 Å². The van der Waals surface area contributed by atoms with Crippen molar-refractivity contribution in [3.05, 3.63) is 65.5 Å². The summed E-state index contributed by atoms with van der Waals surface area (Å²) in [5.41, 5.74) is 6.37. The van der Waals surface area contributed by atoms with Gasteiger partial charge < -0.3 is 11.1 Å². The fourth-order valence-corrected chi connectivity index (χ4v) is 3.77. The van der Waals surface area contributed by atoms with Gasteiger partial charge in [0.15, 0.2) is 0 Å². The number of likely N-dealkylation sites (N-methyl/N-ethyl adjacent to an activating group) is 1. The first-order chi connectivity index (χ1) is 14.1. The van der Waals surface area contributed by atoms with Crippen molar-refractivity contribution in [3.8, 4) is 6.07 Å². The van der Waals surface area contributed by atoms with Gasteiger partial charge in [0.2, 0.25) is 21.8 Å². The van der Waals surface area contributed by atoms with Gasteiger partial charge in [0, 0.05) is 13.6 Å². The van der Waals surface area contributed by atoms with Crippen molar-refractivity contribution in [1.82, 2.24) is 9.62 Å². The molecule has 158 valence electrons. The molecule has 0 heterocycles. The second kappa shape index (κ2) is 9.96. The fourth-order valence-electron chi connectivity index (χ4n) is 2.64. The molecular weight excluding hydrogens is 411 g/mol. The molecule has 0 fully saturated rings. The Hall–Kier alpha value is -3.29. The molecule has 0 bridgehead atoms. The van der Waals surface area contributed by atoms with Crippen molar-refractivity contribution in [2.24, 2.45) is 11.7 Å². The molecule has 0 saturated heterocycles. The Kier molecular flexibility index (Phi) is 7.63. The van der Waals surface area contributed by atoms with E-state index in [0.29, 0.717) is 11.1 Å². The molecule has 3 N–H and O–H groups in total. The summed E-state index contributed by atoms with van der Waals surface area (Å²) < 4.78 is 38.9. The lowest BCUT2D eigenvalue weighted by molar-refractivity contribution is -0.123. The van der Waals surface area contributed by atoms with Crippen molar-refractivity contribution >= 4 is 21.8 Å². The van der Waals surface area contributed by atoms with Crippen LogP contribution in [0, 0.1) is 23.1 Å². The Bertz CT molecular complexity index is 1050. The third-order valence-corrected chi connectivity index (χ3v) is 6.22. The van der Waals surface area contributed by atoms with E-state index in [2.05, 4.69) is 5.32 Å². The predicted octanol–water partition coefficient (Wildman–Crippen LogP) is 0.778.